The second kappa shape index (κ2) is 9.21. The Kier molecular flexibility index (Phi) is 6.66. The average Bonchev–Trinajstić information content (AvgIpc) is 2.64. The first-order chi connectivity index (χ1) is 11.7. The molecule has 0 saturated carbocycles. The van der Waals surface area contributed by atoms with E-state index in [1.165, 1.54) is 0 Å². The van der Waals surface area contributed by atoms with Crippen LogP contribution in [0.5, 0.6) is 11.5 Å². The van der Waals surface area contributed by atoms with Gasteiger partial charge in [-0.05, 0) is 36.8 Å². The van der Waals surface area contributed by atoms with E-state index in [9.17, 15) is 4.79 Å². The maximum absolute atomic E-state index is 11.7. The second-order valence-electron chi connectivity index (χ2n) is 5.06. The molecule has 0 atom stereocenters. The fourth-order valence-electron chi connectivity index (χ4n) is 2.06. The van der Waals surface area contributed by atoms with E-state index in [-0.39, 0.29) is 19.0 Å². The van der Waals surface area contributed by atoms with Gasteiger partial charge in [0.25, 0.3) is 0 Å². The van der Waals surface area contributed by atoms with E-state index in [1.807, 2.05) is 30.3 Å². The molecule has 0 aliphatic heterocycles. The molecule has 0 radical (unpaired) electrons. The van der Waals surface area contributed by atoms with Gasteiger partial charge in [0.2, 0.25) is 0 Å². The summed E-state index contributed by atoms with van der Waals surface area (Å²) in [5, 5.41) is 8.98. The maximum Gasteiger partial charge on any atom is 0.306 e. The number of hydrogen-bond acceptors (Lipinski definition) is 5. The largest absolute Gasteiger partial charge is 0.497 e. The van der Waals surface area contributed by atoms with Crippen molar-refractivity contribution in [3.63, 3.8) is 0 Å². The Morgan fingerprint density at radius 2 is 1.79 bits per heavy atom. The first kappa shape index (κ1) is 17.4. The van der Waals surface area contributed by atoms with Crippen molar-refractivity contribution in [2.45, 2.75) is 19.4 Å². The third-order valence-corrected chi connectivity index (χ3v) is 3.38. The molecule has 0 aromatic heterocycles. The van der Waals surface area contributed by atoms with Gasteiger partial charge in [0.05, 0.1) is 25.3 Å². The number of benzene rings is 2. The molecule has 0 aliphatic rings. The lowest BCUT2D eigenvalue weighted by Crippen LogP contribution is -2.08. The number of carbonyl (C=O) groups is 1. The topological polar surface area (TPSA) is 68.6 Å². The molecule has 5 nitrogen and oxygen atoms in total. The number of rotatable bonds is 8. The molecule has 0 fully saturated rings. The minimum Gasteiger partial charge on any atom is -0.497 e. The van der Waals surface area contributed by atoms with E-state index in [0.717, 1.165) is 11.5 Å². The van der Waals surface area contributed by atoms with Gasteiger partial charge < -0.3 is 14.2 Å². The van der Waals surface area contributed by atoms with Crippen LogP contribution in [0.15, 0.2) is 48.5 Å². The highest BCUT2D eigenvalue weighted by molar-refractivity contribution is 5.69. The van der Waals surface area contributed by atoms with Crippen molar-refractivity contribution < 1.29 is 19.0 Å². The van der Waals surface area contributed by atoms with Crippen LogP contribution >= 0.6 is 0 Å². The molecule has 124 valence electrons. The van der Waals surface area contributed by atoms with Crippen LogP contribution in [0.2, 0.25) is 0 Å². The predicted molar refractivity (Wildman–Crippen MR) is 88.7 cm³/mol. The summed E-state index contributed by atoms with van der Waals surface area (Å²) >= 11 is 0. The molecule has 5 heteroatoms. The monoisotopic (exact) mass is 325 g/mol. The minimum atomic E-state index is -0.305. The quantitative estimate of drug-likeness (QED) is 0.549. The highest BCUT2D eigenvalue weighted by Gasteiger charge is 2.06. The second-order valence-corrected chi connectivity index (χ2v) is 5.06. The normalized spacial score (nSPS) is 9.83. The van der Waals surface area contributed by atoms with Crippen LogP contribution in [0.4, 0.5) is 0 Å². The summed E-state index contributed by atoms with van der Waals surface area (Å²) in [5.74, 6) is 1.19. The van der Waals surface area contributed by atoms with Gasteiger partial charge in [-0.1, -0.05) is 18.2 Å². The Morgan fingerprint density at radius 1 is 1.08 bits per heavy atom. The van der Waals surface area contributed by atoms with E-state index in [0.29, 0.717) is 24.2 Å². The molecule has 0 spiro atoms. The number of carbonyl (C=O) groups excluding carboxylic acids is 1. The highest BCUT2D eigenvalue weighted by atomic mass is 16.5. The molecule has 2 rings (SSSR count). The third kappa shape index (κ3) is 5.33. The maximum atomic E-state index is 11.7. The van der Waals surface area contributed by atoms with Crippen molar-refractivity contribution in [2.24, 2.45) is 0 Å². The van der Waals surface area contributed by atoms with Gasteiger partial charge in [-0.3, -0.25) is 4.79 Å². The van der Waals surface area contributed by atoms with Gasteiger partial charge in [0, 0.05) is 12.0 Å². The van der Waals surface area contributed by atoms with Gasteiger partial charge in [0.15, 0.2) is 0 Å². The lowest BCUT2D eigenvalue weighted by atomic mass is 10.1. The molecule has 0 N–H and O–H groups in total. The number of esters is 1. The predicted octanol–water partition coefficient (Wildman–Crippen LogP) is 3.47. The number of hydrogen-bond donors (Lipinski definition) is 0. The highest BCUT2D eigenvalue weighted by Crippen LogP contribution is 2.17. The molecular weight excluding hydrogens is 306 g/mol. The Balaban J connectivity index is 1.67. The number of nitrogens with zero attached hydrogens (tertiary/aromatic N) is 1. The van der Waals surface area contributed by atoms with Crippen LogP contribution in [-0.2, 0) is 16.1 Å². The first-order valence-electron chi connectivity index (χ1n) is 7.63. The summed E-state index contributed by atoms with van der Waals surface area (Å²) in [5.41, 5.74) is 1.23. The molecule has 0 unspecified atom stereocenters. The Labute approximate surface area is 141 Å². The Hall–Kier alpha value is -3.00. The number of methoxy groups -OCH3 is 1. The van der Waals surface area contributed by atoms with Crippen molar-refractivity contribution in [1.29, 1.82) is 5.26 Å². The molecule has 0 amide bonds. The van der Waals surface area contributed by atoms with E-state index in [2.05, 4.69) is 6.07 Å². The van der Waals surface area contributed by atoms with Gasteiger partial charge in [-0.2, -0.15) is 5.26 Å². The van der Waals surface area contributed by atoms with Gasteiger partial charge in [-0.15, -0.1) is 0 Å². The minimum absolute atomic E-state index is 0.113. The fourth-order valence-corrected chi connectivity index (χ4v) is 2.06. The fraction of sp³-hybridized carbons (Fsp3) is 0.263. The van der Waals surface area contributed by atoms with Crippen molar-refractivity contribution >= 4 is 5.97 Å². The van der Waals surface area contributed by atoms with Crippen LogP contribution < -0.4 is 9.47 Å². The van der Waals surface area contributed by atoms with E-state index in [1.54, 1.807) is 25.3 Å². The van der Waals surface area contributed by atoms with Crippen LogP contribution in [0.3, 0.4) is 0 Å². The van der Waals surface area contributed by atoms with Crippen LogP contribution in [0, 0.1) is 11.3 Å². The molecule has 0 heterocycles. The summed E-state index contributed by atoms with van der Waals surface area (Å²) < 4.78 is 15.8. The zero-order chi connectivity index (χ0) is 17.2. The molecule has 0 saturated heterocycles. The molecule has 0 bridgehead atoms. The SMILES string of the molecule is COc1ccc(OCCCC(=O)OCc2ccccc2C#N)cc1. The Morgan fingerprint density at radius 3 is 2.50 bits per heavy atom. The molecular formula is C19H19NO4. The first-order valence-corrected chi connectivity index (χ1v) is 7.63. The van der Waals surface area contributed by atoms with Crippen molar-refractivity contribution in [3.8, 4) is 17.6 Å². The van der Waals surface area contributed by atoms with Gasteiger partial charge in [0.1, 0.15) is 18.1 Å². The van der Waals surface area contributed by atoms with Crippen LogP contribution in [0.1, 0.15) is 24.0 Å². The molecule has 2 aromatic carbocycles. The lowest BCUT2D eigenvalue weighted by molar-refractivity contribution is -0.145. The summed E-state index contributed by atoms with van der Waals surface area (Å²) in [7, 11) is 1.61. The molecule has 0 aliphatic carbocycles. The molecule has 24 heavy (non-hydrogen) atoms. The summed E-state index contributed by atoms with van der Waals surface area (Å²) in [6.45, 7) is 0.540. The zero-order valence-corrected chi connectivity index (χ0v) is 13.5. The summed E-state index contributed by atoms with van der Waals surface area (Å²) in [4.78, 5) is 11.7. The van der Waals surface area contributed by atoms with Gasteiger partial charge >= 0.3 is 5.97 Å². The van der Waals surface area contributed by atoms with E-state index in [4.69, 9.17) is 19.5 Å². The smallest absolute Gasteiger partial charge is 0.306 e. The van der Waals surface area contributed by atoms with Crippen molar-refractivity contribution in [1.82, 2.24) is 0 Å². The Bertz CT molecular complexity index is 704. The van der Waals surface area contributed by atoms with E-state index >= 15 is 0 Å². The van der Waals surface area contributed by atoms with Crippen LogP contribution in [0.25, 0.3) is 0 Å². The number of nitriles is 1. The van der Waals surface area contributed by atoms with E-state index < -0.39 is 0 Å². The molecule has 2 aromatic rings. The standard InChI is InChI=1S/C19H19NO4/c1-22-17-8-10-18(11-9-17)23-12-4-7-19(21)24-14-16-6-3-2-5-15(16)13-20/h2-3,5-6,8-11H,4,7,12,14H2,1H3. The van der Waals surface area contributed by atoms with Crippen LogP contribution in [-0.4, -0.2) is 19.7 Å². The van der Waals surface area contributed by atoms with Gasteiger partial charge in [-0.25, -0.2) is 0 Å². The number of ether oxygens (including phenoxy) is 3. The average molecular weight is 325 g/mol. The van der Waals surface area contributed by atoms with Crippen molar-refractivity contribution in [3.05, 3.63) is 59.7 Å². The summed E-state index contributed by atoms with van der Waals surface area (Å²) in [6.07, 6.45) is 0.829. The lowest BCUT2D eigenvalue weighted by Gasteiger charge is -2.08. The summed E-state index contributed by atoms with van der Waals surface area (Å²) in [6, 6.07) is 16.4. The zero-order valence-electron chi connectivity index (χ0n) is 13.5. The van der Waals surface area contributed by atoms with Crippen molar-refractivity contribution in [2.75, 3.05) is 13.7 Å². The third-order valence-electron chi connectivity index (χ3n) is 3.38.